The molecule has 46 heavy (non-hydrogen) atoms. The van der Waals surface area contributed by atoms with Crippen LogP contribution < -0.4 is 4.72 Å². The SMILES string of the molecule is CCOC(=O)[C@@](Cc1ccccc1)([C@@H](NS(=O)(=O)c1ccc(C)cc1)c1ccccc1)N(Cc1ccccc1)C(=O)OC(C)(C)C. The van der Waals surface area contributed by atoms with E-state index in [1.54, 1.807) is 70.2 Å². The minimum absolute atomic E-state index is 0.00487. The van der Waals surface area contributed by atoms with Gasteiger partial charge in [0.1, 0.15) is 5.60 Å². The molecule has 2 atom stereocenters. The summed E-state index contributed by atoms with van der Waals surface area (Å²) in [6.07, 6.45) is -0.884. The van der Waals surface area contributed by atoms with Gasteiger partial charge >= 0.3 is 12.1 Å². The van der Waals surface area contributed by atoms with E-state index < -0.39 is 39.3 Å². The second kappa shape index (κ2) is 14.7. The fourth-order valence-corrected chi connectivity index (χ4v) is 6.57. The minimum Gasteiger partial charge on any atom is -0.464 e. The number of nitrogens with zero attached hydrogens (tertiary/aromatic N) is 1. The van der Waals surface area contributed by atoms with Gasteiger partial charge in [-0.3, -0.25) is 4.90 Å². The largest absolute Gasteiger partial charge is 0.464 e. The molecular formula is C37H42N2O6S. The maximum Gasteiger partial charge on any atom is 0.411 e. The van der Waals surface area contributed by atoms with E-state index in [1.165, 1.54) is 17.0 Å². The van der Waals surface area contributed by atoms with Crippen molar-refractivity contribution >= 4 is 22.1 Å². The molecule has 0 aliphatic heterocycles. The molecular weight excluding hydrogens is 600 g/mol. The van der Waals surface area contributed by atoms with Gasteiger partial charge in [-0.15, -0.1) is 0 Å². The van der Waals surface area contributed by atoms with Crippen molar-refractivity contribution in [2.45, 2.75) is 69.7 Å². The number of carbonyl (C=O) groups excluding carboxylic acids is 2. The van der Waals surface area contributed by atoms with E-state index in [0.717, 1.165) is 5.56 Å². The average molecular weight is 643 g/mol. The fraction of sp³-hybridized carbons (Fsp3) is 0.297. The average Bonchev–Trinajstić information content (AvgIpc) is 3.02. The third-order valence-electron chi connectivity index (χ3n) is 7.44. The number of esters is 1. The van der Waals surface area contributed by atoms with Gasteiger partial charge in [-0.2, -0.15) is 0 Å². The molecule has 0 spiro atoms. The summed E-state index contributed by atoms with van der Waals surface area (Å²) >= 11 is 0. The van der Waals surface area contributed by atoms with Crippen molar-refractivity contribution in [1.82, 2.24) is 9.62 Å². The smallest absolute Gasteiger partial charge is 0.411 e. The predicted octanol–water partition coefficient (Wildman–Crippen LogP) is 7.00. The number of ether oxygens (including phenoxy) is 2. The van der Waals surface area contributed by atoms with Crippen molar-refractivity contribution in [2.24, 2.45) is 0 Å². The van der Waals surface area contributed by atoms with E-state index in [1.807, 2.05) is 67.6 Å². The molecule has 0 aliphatic rings. The lowest BCUT2D eigenvalue weighted by atomic mass is 9.78. The van der Waals surface area contributed by atoms with E-state index in [9.17, 15) is 18.0 Å². The lowest BCUT2D eigenvalue weighted by Gasteiger charge is -2.47. The van der Waals surface area contributed by atoms with Crippen molar-refractivity contribution in [3.63, 3.8) is 0 Å². The monoisotopic (exact) mass is 642 g/mol. The molecule has 1 amide bonds. The van der Waals surface area contributed by atoms with Crippen LogP contribution in [-0.4, -0.2) is 43.1 Å². The first-order valence-electron chi connectivity index (χ1n) is 15.3. The van der Waals surface area contributed by atoms with Crippen LogP contribution in [0.25, 0.3) is 0 Å². The van der Waals surface area contributed by atoms with Crippen molar-refractivity contribution < 1.29 is 27.5 Å². The zero-order chi connectivity index (χ0) is 33.4. The maximum atomic E-state index is 14.7. The quantitative estimate of drug-likeness (QED) is 0.167. The zero-order valence-electron chi connectivity index (χ0n) is 27.0. The van der Waals surface area contributed by atoms with Crippen molar-refractivity contribution in [3.05, 3.63) is 138 Å². The molecule has 0 unspecified atom stereocenters. The van der Waals surface area contributed by atoms with Crippen LogP contribution in [0.1, 0.15) is 56.0 Å². The molecule has 242 valence electrons. The molecule has 0 aromatic heterocycles. The van der Waals surface area contributed by atoms with Crippen LogP contribution in [0, 0.1) is 6.92 Å². The highest BCUT2D eigenvalue weighted by Crippen LogP contribution is 2.40. The van der Waals surface area contributed by atoms with Crippen LogP contribution in [0.5, 0.6) is 0 Å². The molecule has 8 nitrogen and oxygen atoms in total. The molecule has 0 heterocycles. The summed E-state index contributed by atoms with van der Waals surface area (Å²) in [6.45, 7) is 8.68. The Kier molecular flexibility index (Phi) is 11.0. The number of aryl methyl sites for hydroxylation is 1. The first-order valence-corrected chi connectivity index (χ1v) is 16.7. The van der Waals surface area contributed by atoms with Gasteiger partial charge in [-0.25, -0.2) is 22.7 Å². The molecule has 0 bridgehead atoms. The molecule has 0 aliphatic carbocycles. The van der Waals surface area contributed by atoms with E-state index in [0.29, 0.717) is 16.7 Å². The van der Waals surface area contributed by atoms with Crippen molar-refractivity contribution in [3.8, 4) is 0 Å². The number of benzene rings is 4. The van der Waals surface area contributed by atoms with Gasteiger partial charge < -0.3 is 9.47 Å². The zero-order valence-corrected chi connectivity index (χ0v) is 27.8. The van der Waals surface area contributed by atoms with Gasteiger partial charge in [0.05, 0.1) is 24.1 Å². The Labute approximate surface area is 272 Å². The number of amides is 1. The Balaban J connectivity index is 2.07. The Morgan fingerprint density at radius 2 is 1.30 bits per heavy atom. The molecule has 4 rings (SSSR count). The Hall–Kier alpha value is -4.47. The predicted molar refractivity (Wildman–Crippen MR) is 178 cm³/mol. The summed E-state index contributed by atoms with van der Waals surface area (Å²) < 4.78 is 43.0. The van der Waals surface area contributed by atoms with Gasteiger partial charge in [0.15, 0.2) is 5.54 Å². The van der Waals surface area contributed by atoms with Crippen LogP contribution in [0.2, 0.25) is 0 Å². The summed E-state index contributed by atoms with van der Waals surface area (Å²) in [5.41, 5.74) is -0.139. The highest BCUT2D eigenvalue weighted by molar-refractivity contribution is 7.89. The molecule has 0 fully saturated rings. The van der Waals surface area contributed by atoms with Gasteiger partial charge in [-0.05, 0) is 63.4 Å². The summed E-state index contributed by atoms with van der Waals surface area (Å²) in [5.74, 6) is -0.777. The van der Waals surface area contributed by atoms with Crippen LogP contribution in [0.15, 0.2) is 120 Å². The van der Waals surface area contributed by atoms with Gasteiger partial charge in [-0.1, -0.05) is 109 Å². The van der Waals surface area contributed by atoms with Crippen molar-refractivity contribution in [1.29, 1.82) is 0 Å². The van der Waals surface area contributed by atoms with Crippen LogP contribution in [0.3, 0.4) is 0 Å². The van der Waals surface area contributed by atoms with E-state index in [-0.39, 0.29) is 24.5 Å². The fourth-order valence-electron chi connectivity index (χ4n) is 5.30. The lowest BCUT2D eigenvalue weighted by Crippen LogP contribution is -2.65. The second-order valence-corrected chi connectivity index (χ2v) is 13.9. The van der Waals surface area contributed by atoms with Crippen molar-refractivity contribution in [2.75, 3.05) is 6.61 Å². The molecule has 4 aromatic carbocycles. The van der Waals surface area contributed by atoms with Gasteiger partial charge in [0, 0.05) is 6.42 Å². The topological polar surface area (TPSA) is 102 Å². The molecule has 9 heteroatoms. The Bertz CT molecular complexity index is 1690. The minimum atomic E-state index is -4.25. The maximum absolute atomic E-state index is 14.7. The lowest BCUT2D eigenvalue weighted by molar-refractivity contribution is -0.160. The molecule has 1 N–H and O–H groups in total. The number of sulfonamides is 1. The summed E-state index contributed by atoms with van der Waals surface area (Å²) in [4.78, 5) is 30.5. The van der Waals surface area contributed by atoms with Crippen LogP contribution >= 0.6 is 0 Å². The first kappa shape index (κ1) is 34.4. The highest BCUT2D eigenvalue weighted by Gasteiger charge is 2.56. The summed E-state index contributed by atoms with van der Waals surface area (Å²) in [6, 6.07) is 32.3. The third-order valence-corrected chi connectivity index (χ3v) is 8.88. The Morgan fingerprint density at radius 3 is 1.83 bits per heavy atom. The Morgan fingerprint density at radius 1 is 0.783 bits per heavy atom. The number of nitrogens with one attached hydrogen (secondary N) is 1. The number of hydrogen-bond acceptors (Lipinski definition) is 6. The highest BCUT2D eigenvalue weighted by atomic mass is 32.2. The van der Waals surface area contributed by atoms with Gasteiger partial charge in [0.25, 0.3) is 0 Å². The first-order chi connectivity index (χ1) is 21.9. The van der Waals surface area contributed by atoms with Crippen LogP contribution in [0.4, 0.5) is 4.79 Å². The van der Waals surface area contributed by atoms with Gasteiger partial charge in [0.2, 0.25) is 10.0 Å². The molecule has 4 aromatic rings. The molecule has 0 saturated carbocycles. The van der Waals surface area contributed by atoms with E-state index in [4.69, 9.17) is 9.47 Å². The van der Waals surface area contributed by atoms with Crippen LogP contribution in [-0.2, 0) is 37.3 Å². The molecule has 0 radical (unpaired) electrons. The number of hydrogen-bond donors (Lipinski definition) is 1. The number of rotatable bonds is 12. The molecule has 0 saturated heterocycles. The van der Waals surface area contributed by atoms with E-state index in [2.05, 4.69) is 4.72 Å². The third kappa shape index (κ3) is 8.41. The standard InChI is InChI=1S/C37H42N2O6S/c1-6-44-34(40)37(26-29-16-10-7-11-17-29,39(35(41)45-36(3,4)5)27-30-18-12-8-13-19-30)33(31-20-14-9-15-21-31)38-46(42,43)32-24-22-28(2)23-25-32/h7-25,33,38H,6,26-27H2,1-5H3/t33-,37+/m0/s1. The normalized spacial score (nSPS) is 13.7. The second-order valence-electron chi connectivity index (χ2n) is 12.1. The van der Waals surface area contributed by atoms with E-state index >= 15 is 0 Å². The number of carbonyl (C=O) groups is 2. The summed E-state index contributed by atoms with van der Waals surface area (Å²) in [5, 5.41) is 0. The summed E-state index contributed by atoms with van der Waals surface area (Å²) in [7, 11) is -4.25.